The Morgan fingerprint density at radius 3 is 2.90 bits per heavy atom. The van der Waals surface area contributed by atoms with E-state index in [2.05, 4.69) is 35.8 Å². The number of hydrogen-bond acceptors (Lipinski definition) is 2. The second kappa shape index (κ2) is 2.35. The van der Waals surface area contributed by atoms with E-state index in [1.807, 2.05) is 0 Å². The monoisotopic (exact) mass is 251 g/mol. The molecule has 2 nitrogen and oxygen atoms in total. The molecule has 3 atom stereocenters. The minimum absolute atomic E-state index is 0.199. The van der Waals surface area contributed by atoms with Gasteiger partial charge in [0.15, 0.2) is 0 Å². The van der Waals surface area contributed by atoms with Gasteiger partial charge in [0, 0.05) is 23.0 Å². The number of morpholine rings is 1. The summed E-state index contributed by atoms with van der Waals surface area (Å²) in [5.74, 6) is 0. The predicted octanol–water partition coefficient (Wildman–Crippen LogP) is -0.489. The van der Waals surface area contributed by atoms with E-state index in [4.69, 9.17) is 4.74 Å². The van der Waals surface area contributed by atoms with Crippen LogP contribution in [0.2, 0.25) is 0 Å². The number of nitrogens with one attached hydrogen (secondary N) is 1. The fraction of sp³-hybridized carbons (Fsp3) is 1.00. The second-order valence-electron chi connectivity index (χ2n) is 3.33. The van der Waals surface area contributed by atoms with Crippen molar-refractivity contribution in [3.05, 3.63) is 0 Å². The Morgan fingerprint density at radius 2 is 2.60 bits per heavy atom. The maximum Gasteiger partial charge on any atom is 0.141 e. The Kier molecular flexibility index (Phi) is 1.73. The Hall–Kier alpha value is 0.715. The quantitative estimate of drug-likeness (QED) is 0.386. The van der Waals surface area contributed by atoms with E-state index >= 15 is 0 Å². The predicted molar refractivity (Wildman–Crippen MR) is 51.4 cm³/mol. The van der Waals surface area contributed by atoms with Crippen LogP contribution in [-0.4, -0.2) is 36.5 Å². The van der Waals surface area contributed by atoms with Gasteiger partial charge in [-0.1, -0.05) is 22.6 Å². The van der Waals surface area contributed by atoms with Gasteiger partial charge in [-0.3, -0.25) is 0 Å². The van der Waals surface area contributed by atoms with Crippen molar-refractivity contribution in [1.82, 2.24) is 5.32 Å². The van der Waals surface area contributed by atoms with Crippen molar-refractivity contribution in [2.75, 3.05) is 11.0 Å². The van der Waals surface area contributed by atoms with Gasteiger partial charge in [0.25, 0.3) is 0 Å². The van der Waals surface area contributed by atoms with Crippen LogP contribution in [0, 0.1) is 0 Å². The first-order chi connectivity index (χ1) is 4.76. The lowest BCUT2D eigenvalue weighted by molar-refractivity contribution is -0.00563. The van der Waals surface area contributed by atoms with Crippen LogP contribution in [0.15, 0.2) is 0 Å². The first-order valence-electron chi connectivity index (χ1n) is 3.73. The summed E-state index contributed by atoms with van der Waals surface area (Å²) in [5, 5.41) is 3.47. The summed E-state index contributed by atoms with van der Waals surface area (Å²) in [7, 11) is 2.16. The molecule has 10 heavy (non-hydrogen) atoms. The number of halogens is 1. The van der Waals surface area contributed by atoms with Crippen molar-refractivity contribution in [2.24, 2.45) is 0 Å². The SMILES string of the molecule is B[C@@H]1O[C@@]2(CI)CNC1C2. The molecule has 2 bridgehead atoms. The second-order valence-corrected chi connectivity index (χ2v) is 4.09. The molecule has 2 heterocycles. The molecule has 0 aromatic carbocycles. The average Bonchev–Trinajstić information content (AvgIpc) is 2.45. The van der Waals surface area contributed by atoms with Gasteiger partial charge in [-0.2, -0.15) is 0 Å². The summed E-state index contributed by atoms with van der Waals surface area (Å²) in [4.78, 5) is 0. The van der Waals surface area contributed by atoms with Crippen molar-refractivity contribution in [1.29, 1.82) is 0 Å². The van der Waals surface area contributed by atoms with Gasteiger partial charge in [0.05, 0.1) is 5.60 Å². The lowest BCUT2D eigenvalue weighted by Gasteiger charge is -2.28. The molecule has 56 valence electrons. The van der Waals surface area contributed by atoms with Crippen LogP contribution < -0.4 is 5.32 Å². The smallest absolute Gasteiger partial charge is 0.141 e. The van der Waals surface area contributed by atoms with Crippen molar-refractivity contribution < 1.29 is 4.74 Å². The third kappa shape index (κ3) is 0.922. The maximum atomic E-state index is 5.83. The highest BCUT2D eigenvalue weighted by molar-refractivity contribution is 14.1. The number of rotatable bonds is 1. The third-order valence-electron chi connectivity index (χ3n) is 2.52. The van der Waals surface area contributed by atoms with E-state index in [0.717, 1.165) is 11.0 Å². The summed E-state index contributed by atoms with van der Waals surface area (Å²) in [6.45, 7) is 1.06. The molecule has 0 amide bonds. The molecule has 0 saturated carbocycles. The molecule has 2 rings (SSSR count). The first-order valence-corrected chi connectivity index (χ1v) is 5.25. The molecule has 1 N–H and O–H groups in total. The number of hydrogen-bond donors (Lipinski definition) is 1. The Balaban J connectivity index is 2.14. The van der Waals surface area contributed by atoms with Crippen LogP contribution in [0.5, 0.6) is 0 Å². The Labute approximate surface area is 75.6 Å². The lowest BCUT2D eigenvalue weighted by Crippen LogP contribution is -2.45. The topological polar surface area (TPSA) is 21.3 Å². The fourth-order valence-corrected chi connectivity index (χ4v) is 2.65. The number of alkyl halides is 1. The highest BCUT2D eigenvalue weighted by Crippen LogP contribution is 2.35. The first kappa shape index (κ1) is 7.37. The van der Waals surface area contributed by atoms with Crippen molar-refractivity contribution in [2.45, 2.75) is 24.1 Å². The molecule has 4 heteroatoms. The van der Waals surface area contributed by atoms with Crippen LogP contribution in [0.3, 0.4) is 0 Å². The molecule has 2 aliphatic rings. The molecule has 2 fully saturated rings. The molecule has 0 aromatic heterocycles. The molecule has 0 aliphatic carbocycles. The molecule has 2 aliphatic heterocycles. The van der Waals surface area contributed by atoms with Crippen molar-refractivity contribution in [3.8, 4) is 0 Å². The molecule has 0 radical (unpaired) electrons. The van der Waals surface area contributed by atoms with Gasteiger partial charge in [-0.15, -0.1) is 0 Å². The standard InChI is InChI=1S/C6H11BINO/c7-5-4-1-6(2-8,10-5)3-9-4/h4-5,9H,1-3,7H2/t4?,5-,6+/m1/s1. The number of ether oxygens (including phenoxy) is 1. The van der Waals surface area contributed by atoms with Gasteiger partial charge in [-0.05, 0) is 6.42 Å². The van der Waals surface area contributed by atoms with E-state index in [0.29, 0.717) is 12.0 Å². The fourth-order valence-electron chi connectivity index (χ4n) is 1.89. The van der Waals surface area contributed by atoms with Crippen LogP contribution in [-0.2, 0) is 4.74 Å². The van der Waals surface area contributed by atoms with Crippen molar-refractivity contribution >= 4 is 30.4 Å². The molecular weight excluding hydrogens is 240 g/mol. The van der Waals surface area contributed by atoms with E-state index < -0.39 is 0 Å². The van der Waals surface area contributed by atoms with Gasteiger partial charge < -0.3 is 10.1 Å². The third-order valence-corrected chi connectivity index (χ3v) is 3.91. The number of fused-ring (bicyclic) bond motifs is 2. The van der Waals surface area contributed by atoms with E-state index in [1.54, 1.807) is 0 Å². The van der Waals surface area contributed by atoms with Crippen LogP contribution in [0.1, 0.15) is 6.42 Å². The van der Waals surface area contributed by atoms with Crippen LogP contribution in [0.25, 0.3) is 0 Å². The minimum atomic E-state index is 0.199. The van der Waals surface area contributed by atoms with E-state index in [1.165, 1.54) is 6.42 Å². The summed E-state index contributed by atoms with van der Waals surface area (Å²) < 4.78 is 6.95. The van der Waals surface area contributed by atoms with Crippen LogP contribution in [0.4, 0.5) is 0 Å². The summed E-state index contributed by atoms with van der Waals surface area (Å²) >= 11 is 2.41. The van der Waals surface area contributed by atoms with Gasteiger partial charge in [0.1, 0.15) is 7.85 Å². The average molecular weight is 251 g/mol. The van der Waals surface area contributed by atoms with Crippen LogP contribution >= 0.6 is 22.6 Å². The maximum absolute atomic E-state index is 5.83. The summed E-state index contributed by atoms with van der Waals surface area (Å²) in [5.41, 5.74) is 0.199. The van der Waals surface area contributed by atoms with Gasteiger partial charge in [0.2, 0.25) is 0 Å². The van der Waals surface area contributed by atoms with Crippen molar-refractivity contribution in [3.63, 3.8) is 0 Å². The molecule has 1 unspecified atom stereocenters. The largest absolute Gasteiger partial charge is 0.377 e. The Morgan fingerprint density at radius 1 is 1.80 bits per heavy atom. The van der Waals surface area contributed by atoms with E-state index in [-0.39, 0.29) is 5.60 Å². The zero-order valence-corrected chi connectivity index (χ0v) is 8.22. The highest BCUT2D eigenvalue weighted by atomic mass is 127. The summed E-state index contributed by atoms with van der Waals surface area (Å²) in [6, 6.07) is 1.07. The zero-order valence-electron chi connectivity index (χ0n) is 6.06. The highest BCUT2D eigenvalue weighted by Gasteiger charge is 2.48. The molecular formula is C6H11BINO. The molecule has 2 saturated heterocycles. The zero-order chi connectivity index (χ0) is 7.19. The minimum Gasteiger partial charge on any atom is -0.377 e. The van der Waals surface area contributed by atoms with Gasteiger partial charge >= 0.3 is 0 Å². The summed E-state index contributed by atoms with van der Waals surface area (Å²) in [6.07, 6.45) is 1.22. The van der Waals surface area contributed by atoms with E-state index in [9.17, 15) is 0 Å². The van der Waals surface area contributed by atoms with Gasteiger partial charge in [-0.25, -0.2) is 0 Å². The molecule has 0 aromatic rings. The Bertz CT molecular complexity index is 153. The molecule has 0 spiro atoms. The lowest BCUT2D eigenvalue weighted by atomic mass is 9.93. The normalized spacial score (nSPS) is 52.1.